The maximum Gasteiger partial charge on any atom is -0.00179 e. The second kappa shape index (κ2) is 14.8. The van der Waals surface area contributed by atoms with Crippen LogP contribution in [0.1, 0.15) is 60.3 Å². The lowest BCUT2D eigenvalue weighted by Crippen LogP contribution is -2.06. The van der Waals surface area contributed by atoms with E-state index in [1.165, 1.54) is 25.7 Å². The third-order valence-electron chi connectivity index (χ3n) is 1.39. The van der Waals surface area contributed by atoms with Gasteiger partial charge in [-0.1, -0.05) is 60.3 Å². The molecule has 0 aliphatic rings. The van der Waals surface area contributed by atoms with Gasteiger partial charge in [0.05, 0.1) is 0 Å². The molecule has 0 heterocycles. The Bertz CT molecular complexity index is 69.7. The van der Waals surface area contributed by atoms with Crippen molar-refractivity contribution in [2.45, 2.75) is 66.3 Å². The lowest BCUT2D eigenvalue weighted by Gasteiger charge is -2.00. The van der Waals surface area contributed by atoms with Gasteiger partial charge in [-0.05, 0) is 12.0 Å². The molecule has 0 aromatic heterocycles. The molecule has 0 rings (SSSR count). The number of halogens is 1. The zero-order valence-electron chi connectivity index (χ0n) is 9.97. The summed E-state index contributed by atoms with van der Waals surface area (Å²) in [5.41, 5.74) is 5.11. The number of nitrogens with two attached hydrogens (primary N) is 1. The van der Waals surface area contributed by atoms with E-state index in [4.69, 9.17) is 5.73 Å². The van der Waals surface area contributed by atoms with E-state index in [0.29, 0.717) is 6.04 Å². The molecule has 2 N–H and O–H groups in total. The lowest BCUT2D eigenvalue weighted by atomic mass is 10.1. The van der Waals surface area contributed by atoms with Gasteiger partial charge in [-0.2, -0.15) is 0 Å². The van der Waals surface area contributed by atoms with Crippen molar-refractivity contribution in [2.75, 3.05) is 0 Å². The van der Waals surface area contributed by atoms with Crippen LogP contribution in [0.3, 0.4) is 0 Å². The van der Waals surface area contributed by atoms with E-state index in [0.717, 1.165) is 5.92 Å². The maximum absolute atomic E-state index is 5.11. The highest BCUT2D eigenvalue weighted by Crippen LogP contribution is 2.06. The molecule has 2 heteroatoms. The summed E-state index contributed by atoms with van der Waals surface area (Å²) >= 11 is 0. The van der Waals surface area contributed by atoms with Gasteiger partial charge in [0, 0.05) is 0 Å². The van der Waals surface area contributed by atoms with Crippen LogP contribution in [0.5, 0.6) is 0 Å². The van der Waals surface area contributed by atoms with Crippen LogP contribution in [0.2, 0.25) is 0 Å². The number of hydrogen-bond donors (Lipinski definition) is 1. The highest BCUT2D eigenvalue weighted by atomic mass is 35.5. The number of unbranched alkanes of at least 4 members (excludes halogenated alkanes) is 2. The van der Waals surface area contributed by atoms with Gasteiger partial charge in [-0.25, -0.2) is 0 Å². The van der Waals surface area contributed by atoms with Crippen LogP contribution in [0, 0.1) is 5.92 Å². The molecule has 0 radical (unpaired) electrons. The topological polar surface area (TPSA) is 26.0 Å². The Morgan fingerprint density at radius 2 is 1.38 bits per heavy atom. The van der Waals surface area contributed by atoms with E-state index in [2.05, 4.69) is 20.8 Å². The van der Waals surface area contributed by atoms with Crippen molar-refractivity contribution in [3.05, 3.63) is 0 Å². The summed E-state index contributed by atoms with van der Waals surface area (Å²) in [6.07, 6.45) is 5.60. The molecule has 0 amide bonds. The monoisotopic (exact) mass is 209 g/mol. The molecule has 0 atom stereocenters. The fraction of sp³-hybridized carbons (Fsp3) is 1.00. The molecule has 1 nitrogen and oxygen atoms in total. The van der Waals surface area contributed by atoms with Crippen LogP contribution in [-0.4, -0.2) is 6.04 Å². The van der Waals surface area contributed by atoms with Crippen LogP contribution in [0.4, 0.5) is 0 Å². The maximum atomic E-state index is 5.11. The highest BCUT2D eigenvalue weighted by Gasteiger charge is 1.90. The predicted molar refractivity (Wildman–Crippen MR) is 65.6 cm³/mol. The molecule has 84 valence electrons. The van der Waals surface area contributed by atoms with Gasteiger partial charge in [0.15, 0.2) is 0 Å². The van der Waals surface area contributed by atoms with Crippen LogP contribution >= 0.6 is 12.4 Å². The minimum absolute atomic E-state index is 0. The quantitative estimate of drug-likeness (QED) is 0.697. The first-order valence-corrected chi connectivity index (χ1v) is 5.26. The average molecular weight is 210 g/mol. The van der Waals surface area contributed by atoms with E-state index in [9.17, 15) is 0 Å². The smallest absolute Gasteiger partial charge is 0.00179 e. The van der Waals surface area contributed by atoms with Crippen molar-refractivity contribution in [1.29, 1.82) is 0 Å². The summed E-state index contributed by atoms with van der Waals surface area (Å²) < 4.78 is 0. The molecule has 0 aliphatic carbocycles. The molecule has 0 bridgehead atoms. The fourth-order valence-corrected chi connectivity index (χ4v) is 0.803. The van der Waals surface area contributed by atoms with Gasteiger partial charge >= 0.3 is 0 Å². The Labute approximate surface area is 90.9 Å². The summed E-state index contributed by atoms with van der Waals surface area (Å²) in [7, 11) is 0. The second-order valence-electron chi connectivity index (χ2n) is 4.13. The Morgan fingerprint density at radius 1 is 1.00 bits per heavy atom. The number of hydrogen-bond acceptors (Lipinski definition) is 1. The van der Waals surface area contributed by atoms with Crippen molar-refractivity contribution < 1.29 is 0 Å². The normalized spacial score (nSPS) is 9.23. The van der Waals surface area contributed by atoms with E-state index < -0.39 is 0 Å². The molecule has 0 spiro atoms. The zero-order valence-corrected chi connectivity index (χ0v) is 10.8. The van der Waals surface area contributed by atoms with Crippen molar-refractivity contribution in [2.24, 2.45) is 11.7 Å². The van der Waals surface area contributed by atoms with Gasteiger partial charge < -0.3 is 5.73 Å². The van der Waals surface area contributed by atoms with Crippen LogP contribution in [-0.2, 0) is 0 Å². The molecular formula is C11H28ClN. The summed E-state index contributed by atoms with van der Waals surface area (Å²) in [6, 6.07) is 0.333. The van der Waals surface area contributed by atoms with Gasteiger partial charge in [-0.15, -0.1) is 12.4 Å². The minimum atomic E-state index is 0. The van der Waals surface area contributed by atoms with E-state index >= 15 is 0 Å². The molecule has 0 saturated carbocycles. The molecular weight excluding hydrogens is 182 g/mol. The Balaban J connectivity index is -0.000000173. The van der Waals surface area contributed by atoms with Crippen LogP contribution in [0.25, 0.3) is 0 Å². The summed E-state index contributed by atoms with van der Waals surface area (Å²) in [6.45, 7) is 10.7. The van der Waals surface area contributed by atoms with E-state index in [-0.39, 0.29) is 12.4 Å². The molecule has 0 aliphatic heterocycles. The summed E-state index contributed by atoms with van der Waals surface area (Å²) in [5.74, 6) is 0.904. The molecule has 0 aromatic carbocycles. The number of rotatable bonds is 4. The van der Waals surface area contributed by atoms with Crippen molar-refractivity contribution in [3.63, 3.8) is 0 Å². The van der Waals surface area contributed by atoms with Gasteiger partial charge in [0.1, 0.15) is 0 Å². The summed E-state index contributed by atoms with van der Waals surface area (Å²) in [5, 5.41) is 0. The molecule has 0 saturated heterocycles. The highest BCUT2D eigenvalue weighted by molar-refractivity contribution is 5.85. The first-order chi connectivity index (χ1) is 5.50. The SMILES string of the molecule is CC(C)N.CCCCCC(C)C.Cl. The van der Waals surface area contributed by atoms with Gasteiger partial charge in [0.2, 0.25) is 0 Å². The van der Waals surface area contributed by atoms with Crippen molar-refractivity contribution in [3.8, 4) is 0 Å². The zero-order chi connectivity index (χ0) is 9.98. The summed E-state index contributed by atoms with van der Waals surface area (Å²) in [4.78, 5) is 0. The predicted octanol–water partition coefficient (Wildman–Crippen LogP) is 4.00. The van der Waals surface area contributed by atoms with Crippen molar-refractivity contribution >= 4 is 12.4 Å². The first-order valence-electron chi connectivity index (χ1n) is 5.26. The molecule has 0 unspecified atom stereocenters. The third kappa shape index (κ3) is 46.7. The molecule has 0 aromatic rings. The Hall–Kier alpha value is 0.250. The van der Waals surface area contributed by atoms with Gasteiger partial charge in [0.25, 0.3) is 0 Å². The Morgan fingerprint density at radius 3 is 1.62 bits per heavy atom. The standard InChI is InChI=1S/C8H18.C3H9N.ClH/c1-4-5-6-7-8(2)3;1-3(2)4;/h8H,4-7H2,1-3H3;3H,4H2,1-2H3;1H. The lowest BCUT2D eigenvalue weighted by molar-refractivity contribution is 0.534. The molecule has 13 heavy (non-hydrogen) atoms. The van der Waals surface area contributed by atoms with E-state index in [1.807, 2.05) is 13.8 Å². The minimum Gasteiger partial charge on any atom is -0.328 e. The fourth-order valence-electron chi connectivity index (χ4n) is 0.803. The largest absolute Gasteiger partial charge is 0.328 e. The second-order valence-corrected chi connectivity index (χ2v) is 4.13. The molecule has 0 fully saturated rings. The Kier molecular flexibility index (Phi) is 21.5. The van der Waals surface area contributed by atoms with Crippen molar-refractivity contribution in [1.82, 2.24) is 0 Å². The van der Waals surface area contributed by atoms with Crippen LogP contribution in [0.15, 0.2) is 0 Å². The van der Waals surface area contributed by atoms with Gasteiger partial charge in [-0.3, -0.25) is 0 Å². The average Bonchev–Trinajstić information content (AvgIpc) is 1.86. The van der Waals surface area contributed by atoms with E-state index in [1.54, 1.807) is 0 Å². The van der Waals surface area contributed by atoms with Crippen LogP contribution < -0.4 is 5.73 Å². The third-order valence-corrected chi connectivity index (χ3v) is 1.39. The first kappa shape index (κ1) is 18.9.